The molecule has 2 N–H and O–H groups in total. The zero-order valence-corrected chi connectivity index (χ0v) is 13.6. The molecule has 0 saturated carbocycles. The van der Waals surface area contributed by atoms with Crippen molar-refractivity contribution in [2.75, 3.05) is 0 Å². The summed E-state index contributed by atoms with van der Waals surface area (Å²) < 4.78 is 29.1. The fraction of sp³-hybridized carbons (Fsp3) is 0.278. The number of pyridine rings is 1. The number of nitrogens with one attached hydrogen (secondary N) is 1. The zero-order valence-electron chi connectivity index (χ0n) is 13.6. The number of aryl methyl sites for hydroxylation is 1. The van der Waals surface area contributed by atoms with Crippen LogP contribution in [0, 0.1) is 0 Å². The van der Waals surface area contributed by atoms with Gasteiger partial charge in [0, 0.05) is 0 Å². The van der Waals surface area contributed by atoms with E-state index < -0.39 is 18.5 Å². The van der Waals surface area contributed by atoms with Crippen LogP contribution in [0.5, 0.6) is 5.75 Å². The van der Waals surface area contributed by atoms with Gasteiger partial charge in [-0.25, -0.2) is 9.78 Å². The summed E-state index contributed by atoms with van der Waals surface area (Å²) in [7, 11) is 0. The molecule has 136 valence electrons. The Labute approximate surface area is 147 Å². The number of carbonyl (C=O) groups excluding carboxylic acids is 1. The molecule has 26 heavy (non-hydrogen) atoms. The van der Waals surface area contributed by atoms with Gasteiger partial charge in [0.1, 0.15) is 17.1 Å². The van der Waals surface area contributed by atoms with Gasteiger partial charge in [0.2, 0.25) is 0 Å². The molecule has 8 heteroatoms. The first-order valence-corrected chi connectivity index (χ1v) is 8.03. The van der Waals surface area contributed by atoms with Gasteiger partial charge in [0.25, 0.3) is 5.91 Å². The first-order valence-electron chi connectivity index (χ1n) is 8.03. The molecule has 1 heterocycles. The Morgan fingerprint density at radius 2 is 2.00 bits per heavy atom. The number of hydrogen-bond acceptors (Lipinski definition) is 4. The van der Waals surface area contributed by atoms with E-state index in [4.69, 9.17) is 5.11 Å². The van der Waals surface area contributed by atoms with Crippen molar-refractivity contribution in [3.05, 3.63) is 58.9 Å². The molecule has 0 fully saturated rings. The largest absolute Gasteiger partial charge is 0.477 e. The number of halogens is 2. The summed E-state index contributed by atoms with van der Waals surface area (Å²) in [6.07, 6.45) is 2.17. The van der Waals surface area contributed by atoms with E-state index in [9.17, 15) is 18.4 Å². The van der Waals surface area contributed by atoms with E-state index in [1.54, 1.807) is 12.1 Å². The van der Waals surface area contributed by atoms with Crippen molar-refractivity contribution in [1.29, 1.82) is 0 Å². The molecule has 0 bridgehead atoms. The van der Waals surface area contributed by atoms with Crippen molar-refractivity contribution in [3.63, 3.8) is 0 Å². The standard InChI is InChI=1S/C18H16F2N2O4/c19-18(20)26-11-7-8-12-10(9-11)3-1-4-13(12)22-16(23)14-5-2-6-15(21-14)17(24)25/h2,5-9,13,18H,1,3-4H2,(H,22,23)(H,24,25). The second-order valence-electron chi connectivity index (χ2n) is 5.87. The summed E-state index contributed by atoms with van der Waals surface area (Å²) in [6, 6.07) is 8.56. The number of aromatic nitrogens is 1. The van der Waals surface area contributed by atoms with Gasteiger partial charge in [0.15, 0.2) is 0 Å². The molecule has 3 rings (SSSR count). The lowest BCUT2D eigenvalue weighted by atomic mass is 9.87. The molecule has 6 nitrogen and oxygen atoms in total. The summed E-state index contributed by atoms with van der Waals surface area (Å²) in [5.41, 5.74) is 1.47. The number of aromatic carboxylic acids is 1. The molecule has 1 atom stereocenters. The number of carbonyl (C=O) groups is 2. The number of amides is 1. The van der Waals surface area contributed by atoms with Gasteiger partial charge in [0.05, 0.1) is 6.04 Å². The Balaban J connectivity index is 1.78. The van der Waals surface area contributed by atoms with Crippen molar-refractivity contribution < 1.29 is 28.2 Å². The van der Waals surface area contributed by atoms with Crippen LogP contribution in [0.2, 0.25) is 0 Å². The molecule has 1 aliphatic rings. The molecule has 2 aromatic rings. The highest BCUT2D eigenvalue weighted by Crippen LogP contribution is 2.32. The maximum atomic E-state index is 12.4. The fourth-order valence-corrected chi connectivity index (χ4v) is 3.03. The summed E-state index contributed by atoms with van der Waals surface area (Å²) in [6.45, 7) is -2.89. The average Bonchev–Trinajstić information content (AvgIpc) is 2.61. The number of carboxylic acid groups (broad SMARTS) is 1. The number of rotatable bonds is 5. The molecule has 1 unspecified atom stereocenters. The molecule has 1 amide bonds. The molecular weight excluding hydrogens is 346 g/mol. The van der Waals surface area contributed by atoms with Gasteiger partial charge in [-0.2, -0.15) is 8.78 Å². The van der Waals surface area contributed by atoms with Crippen molar-refractivity contribution in [2.24, 2.45) is 0 Å². The predicted molar refractivity (Wildman–Crippen MR) is 87.4 cm³/mol. The van der Waals surface area contributed by atoms with Gasteiger partial charge in [-0.15, -0.1) is 0 Å². The fourth-order valence-electron chi connectivity index (χ4n) is 3.03. The van der Waals surface area contributed by atoms with Gasteiger partial charge in [-0.1, -0.05) is 12.1 Å². The summed E-state index contributed by atoms with van der Waals surface area (Å²) in [4.78, 5) is 27.2. The number of carboxylic acids is 1. The van der Waals surface area contributed by atoms with Gasteiger partial charge in [-0.05, 0) is 54.7 Å². The molecule has 1 aromatic heterocycles. The monoisotopic (exact) mass is 362 g/mol. The van der Waals surface area contributed by atoms with Crippen LogP contribution in [0.1, 0.15) is 51.0 Å². The molecule has 0 saturated heterocycles. The van der Waals surface area contributed by atoms with Gasteiger partial charge in [-0.3, -0.25) is 4.79 Å². The minimum atomic E-state index is -2.89. The normalized spacial score (nSPS) is 16.0. The minimum Gasteiger partial charge on any atom is -0.477 e. The lowest BCUT2D eigenvalue weighted by molar-refractivity contribution is -0.0499. The second kappa shape index (κ2) is 7.47. The smallest absolute Gasteiger partial charge is 0.387 e. The van der Waals surface area contributed by atoms with Crippen LogP contribution in [-0.2, 0) is 6.42 Å². The average molecular weight is 362 g/mol. The number of alkyl halides is 2. The maximum absolute atomic E-state index is 12.4. The highest BCUT2D eigenvalue weighted by atomic mass is 19.3. The van der Waals surface area contributed by atoms with E-state index in [-0.39, 0.29) is 23.2 Å². The Hall–Kier alpha value is -3.03. The zero-order chi connectivity index (χ0) is 18.7. The highest BCUT2D eigenvalue weighted by Gasteiger charge is 2.24. The van der Waals surface area contributed by atoms with Crippen LogP contribution in [-0.4, -0.2) is 28.6 Å². The third-order valence-corrected chi connectivity index (χ3v) is 4.16. The predicted octanol–water partition coefficient (Wildman–Crippen LogP) is 3.19. The van der Waals surface area contributed by atoms with Crippen LogP contribution < -0.4 is 10.1 Å². The van der Waals surface area contributed by atoms with Crippen LogP contribution >= 0.6 is 0 Å². The minimum absolute atomic E-state index is 0.00896. The lowest BCUT2D eigenvalue weighted by Gasteiger charge is -2.26. The van der Waals surface area contributed by atoms with Crippen LogP contribution in [0.25, 0.3) is 0 Å². The van der Waals surface area contributed by atoms with E-state index in [1.807, 2.05) is 0 Å². The number of ether oxygens (including phenoxy) is 1. The second-order valence-corrected chi connectivity index (χ2v) is 5.87. The Morgan fingerprint density at radius 3 is 2.73 bits per heavy atom. The van der Waals surface area contributed by atoms with E-state index in [0.29, 0.717) is 12.8 Å². The molecule has 0 radical (unpaired) electrons. The van der Waals surface area contributed by atoms with E-state index >= 15 is 0 Å². The van der Waals surface area contributed by atoms with Crippen molar-refractivity contribution >= 4 is 11.9 Å². The third kappa shape index (κ3) is 3.96. The van der Waals surface area contributed by atoms with Crippen molar-refractivity contribution in [2.45, 2.75) is 31.9 Å². The first kappa shape index (κ1) is 17.8. The molecular formula is C18H16F2N2O4. The molecule has 1 aliphatic carbocycles. The molecule has 0 spiro atoms. The van der Waals surface area contributed by atoms with Gasteiger partial charge >= 0.3 is 12.6 Å². The van der Waals surface area contributed by atoms with E-state index in [2.05, 4.69) is 15.0 Å². The van der Waals surface area contributed by atoms with Crippen molar-refractivity contribution in [3.8, 4) is 5.75 Å². The SMILES string of the molecule is O=C(O)c1cccc(C(=O)NC2CCCc3cc(OC(F)F)ccc32)n1. The first-order chi connectivity index (χ1) is 12.4. The number of hydrogen-bond donors (Lipinski definition) is 2. The number of benzene rings is 1. The summed E-state index contributed by atoms with van der Waals surface area (Å²) >= 11 is 0. The number of nitrogens with zero attached hydrogens (tertiary/aromatic N) is 1. The maximum Gasteiger partial charge on any atom is 0.387 e. The van der Waals surface area contributed by atoms with Crippen LogP contribution in [0.4, 0.5) is 8.78 Å². The summed E-state index contributed by atoms with van der Waals surface area (Å²) in [5, 5.41) is 11.8. The quantitative estimate of drug-likeness (QED) is 0.853. The Bertz CT molecular complexity index is 842. The topological polar surface area (TPSA) is 88.5 Å². The summed E-state index contributed by atoms with van der Waals surface area (Å²) in [5.74, 6) is -1.62. The Kier molecular flexibility index (Phi) is 5.11. The number of fused-ring (bicyclic) bond motifs is 1. The molecule has 0 aliphatic heterocycles. The van der Waals surface area contributed by atoms with E-state index in [1.165, 1.54) is 24.3 Å². The van der Waals surface area contributed by atoms with Crippen LogP contribution in [0.3, 0.4) is 0 Å². The van der Waals surface area contributed by atoms with Gasteiger partial charge < -0.3 is 15.2 Å². The lowest BCUT2D eigenvalue weighted by Crippen LogP contribution is -2.31. The highest BCUT2D eigenvalue weighted by molar-refractivity contribution is 5.94. The van der Waals surface area contributed by atoms with Crippen LogP contribution in [0.15, 0.2) is 36.4 Å². The third-order valence-electron chi connectivity index (χ3n) is 4.16. The van der Waals surface area contributed by atoms with Crippen molar-refractivity contribution in [1.82, 2.24) is 10.3 Å². The molecule has 1 aromatic carbocycles. The Morgan fingerprint density at radius 1 is 1.23 bits per heavy atom. The van der Waals surface area contributed by atoms with E-state index in [0.717, 1.165) is 17.5 Å².